The molecule has 0 bridgehead atoms. The summed E-state index contributed by atoms with van der Waals surface area (Å²) in [6, 6.07) is 20.8. The Morgan fingerprint density at radius 3 is 1.91 bits per heavy atom. The van der Waals surface area contributed by atoms with Gasteiger partial charge >= 0.3 is 8.56 Å². The van der Waals surface area contributed by atoms with Crippen LogP contribution in [0.25, 0.3) is 0 Å². The van der Waals surface area contributed by atoms with Crippen LogP contribution >= 0.6 is 0 Å². The Morgan fingerprint density at radius 2 is 1.48 bits per heavy atom. The van der Waals surface area contributed by atoms with E-state index < -0.39 is 8.56 Å². The van der Waals surface area contributed by atoms with E-state index in [1.165, 1.54) is 10.4 Å². The Bertz CT molecular complexity index is 600. The lowest BCUT2D eigenvalue weighted by Gasteiger charge is -2.26. The lowest BCUT2D eigenvalue weighted by molar-refractivity contribution is 0.116. The van der Waals surface area contributed by atoms with Crippen molar-refractivity contribution in [2.24, 2.45) is 5.92 Å². The fourth-order valence-corrected chi connectivity index (χ4v) is 6.90. The smallest absolute Gasteiger partial charge is 0.382 e. The Labute approximate surface area is 140 Å². The Kier molecular flexibility index (Phi) is 4.81. The maximum Gasteiger partial charge on any atom is 0.407 e. The molecule has 1 saturated heterocycles. The molecule has 2 aromatic carbocycles. The molecule has 1 aliphatic heterocycles. The van der Waals surface area contributed by atoms with Crippen molar-refractivity contribution in [3.63, 3.8) is 0 Å². The van der Waals surface area contributed by atoms with E-state index in [-0.39, 0.29) is 12.2 Å². The van der Waals surface area contributed by atoms with Crippen LogP contribution in [0.1, 0.15) is 20.3 Å². The maximum atomic E-state index is 6.72. The van der Waals surface area contributed by atoms with E-state index in [1.807, 2.05) is 18.2 Å². The number of hydrogen-bond donors (Lipinski definition) is 0. The minimum absolute atomic E-state index is 0.0691. The topological polar surface area (TPSA) is 18.5 Å². The van der Waals surface area contributed by atoms with Crippen molar-refractivity contribution in [2.75, 3.05) is 0 Å². The largest absolute Gasteiger partial charge is 0.407 e. The average Bonchev–Trinajstić information content (AvgIpc) is 2.98. The summed E-state index contributed by atoms with van der Waals surface area (Å²) in [6.45, 7) is 8.29. The lowest BCUT2D eigenvalue weighted by atomic mass is 10.00. The van der Waals surface area contributed by atoms with E-state index in [0.29, 0.717) is 5.92 Å². The molecule has 0 aliphatic carbocycles. The van der Waals surface area contributed by atoms with E-state index in [4.69, 9.17) is 8.85 Å². The van der Waals surface area contributed by atoms with Crippen molar-refractivity contribution in [1.29, 1.82) is 0 Å². The molecule has 2 nitrogen and oxygen atoms in total. The van der Waals surface area contributed by atoms with Gasteiger partial charge in [0.25, 0.3) is 0 Å². The Morgan fingerprint density at radius 1 is 0.957 bits per heavy atom. The highest BCUT2D eigenvalue weighted by Gasteiger charge is 2.54. The fourth-order valence-electron chi connectivity index (χ4n) is 3.24. The van der Waals surface area contributed by atoms with Crippen molar-refractivity contribution < 1.29 is 8.85 Å². The van der Waals surface area contributed by atoms with E-state index in [9.17, 15) is 0 Å². The van der Waals surface area contributed by atoms with Gasteiger partial charge in [-0.2, -0.15) is 0 Å². The monoisotopic (exact) mass is 324 g/mol. The molecule has 1 aliphatic rings. The van der Waals surface area contributed by atoms with Gasteiger partial charge in [-0.15, -0.1) is 6.58 Å². The molecule has 0 N–H and O–H groups in total. The number of benzene rings is 2. The first kappa shape index (κ1) is 16.2. The zero-order chi connectivity index (χ0) is 16.3. The van der Waals surface area contributed by atoms with Crippen LogP contribution in [-0.4, -0.2) is 20.8 Å². The molecule has 0 saturated carbocycles. The summed E-state index contributed by atoms with van der Waals surface area (Å²) < 4.78 is 13.4. The van der Waals surface area contributed by atoms with E-state index in [1.54, 1.807) is 0 Å². The molecule has 2 atom stereocenters. The summed E-state index contributed by atoms with van der Waals surface area (Å²) in [5.41, 5.74) is 0. The third-order valence-corrected chi connectivity index (χ3v) is 7.78. The van der Waals surface area contributed by atoms with Crippen molar-refractivity contribution in [3.05, 3.63) is 73.3 Å². The predicted octanol–water partition coefficient (Wildman–Crippen LogP) is 3.26. The zero-order valence-corrected chi connectivity index (χ0v) is 14.8. The second-order valence-electron chi connectivity index (χ2n) is 6.36. The van der Waals surface area contributed by atoms with Gasteiger partial charge in [-0.3, -0.25) is 0 Å². The third kappa shape index (κ3) is 3.04. The quantitative estimate of drug-likeness (QED) is 0.621. The van der Waals surface area contributed by atoms with Crippen molar-refractivity contribution in [2.45, 2.75) is 32.5 Å². The van der Waals surface area contributed by atoms with Crippen LogP contribution in [0.3, 0.4) is 0 Å². The molecule has 2 aromatic rings. The van der Waals surface area contributed by atoms with Crippen LogP contribution in [0.5, 0.6) is 0 Å². The molecule has 120 valence electrons. The van der Waals surface area contributed by atoms with Crippen LogP contribution in [-0.2, 0) is 8.85 Å². The van der Waals surface area contributed by atoms with Crippen LogP contribution < -0.4 is 10.4 Å². The first-order chi connectivity index (χ1) is 11.2. The molecule has 0 amide bonds. The summed E-state index contributed by atoms with van der Waals surface area (Å²) >= 11 is 0. The molecular formula is C20H24O2Si. The van der Waals surface area contributed by atoms with Crippen molar-refractivity contribution in [3.8, 4) is 0 Å². The molecule has 1 fully saturated rings. The summed E-state index contributed by atoms with van der Waals surface area (Å²) in [5.74, 6) is 0.404. The van der Waals surface area contributed by atoms with Gasteiger partial charge in [0, 0.05) is 0 Å². The lowest BCUT2D eigenvalue weighted by Crippen LogP contribution is -2.60. The van der Waals surface area contributed by atoms with E-state index >= 15 is 0 Å². The predicted molar refractivity (Wildman–Crippen MR) is 97.3 cm³/mol. The zero-order valence-electron chi connectivity index (χ0n) is 13.8. The highest BCUT2D eigenvalue weighted by atomic mass is 28.4. The molecule has 0 unspecified atom stereocenters. The van der Waals surface area contributed by atoms with Crippen LogP contribution in [0.4, 0.5) is 0 Å². The molecule has 0 radical (unpaired) electrons. The van der Waals surface area contributed by atoms with Gasteiger partial charge < -0.3 is 8.85 Å². The summed E-state index contributed by atoms with van der Waals surface area (Å²) in [7, 11) is -2.66. The van der Waals surface area contributed by atoms with Gasteiger partial charge in [0.1, 0.15) is 0 Å². The first-order valence-corrected chi connectivity index (χ1v) is 10.1. The molecule has 3 heteroatoms. The van der Waals surface area contributed by atoms with Gasteiger partial charge in [0.15, 0.2) is 0 Å². The van der Waals surface area contributed by atoms with E-state index in [2.05, 4.69) is 69.0 Å². The Balaban J connectivity index is 2.09. The molecule has 3 rings (SSSR count). The maximum absolute atomic E-state index is 6.72. The summed E-state index contributed by atoms with van der Waals surface area (Å²) in [4.78, 5) is 0. The van der Waals surface area contributed by atoms with Crippen molar-refractivity contribution >= 4 is 18.9 Å². The SMILES string of the molecule is C=CC[C@@H]1O[Si](c2ccccc2)(c2ccccc2)O[C@H]1C(C)C. The average molecular weight is 324 g/mol. The van der Waals surface area contributed by atoms with E-state index in [0.717, 1.165) is 6.42 Å². The molecule has 1 heterocycles. The molecule has 0 aromatic heterocycles. The summed E-state index contributed by atoms with van der Waals surface area (Å²) in [5, 5.41) is 2.34. The third-order valence-electron chi connectivity index (χ3n) is 4.35. The standard InChI is InChI=1S/C20H24O2Si/c1-4-11-19-20(16(2)3)22-23(21-19,17-12-7-5-8-13-17)18-14-9-6-10-15-18/h4-10,12-16,19-20H,1,11H2,2-3H3/t19-,20-/m0/s1. The van der Waals surface area contributed by atoms with Gasteiger partial charge in [-0.1, -0.05) is 80.6 Å². The normalized spacial score (nSPS) is 23.1. The highest BCUT2D eigenvalue weighted by molar-refractivity contribution is 6.93. The van der Waals surface area contributed by atoms with Crippen LogP contribution in [0, 0.1) is 5.92 Å². The van der Waals surface area contributed by atoms with Gasteiger partial charge in [0.05, 0.1) is 12.2 Å². The van der Waals surface area contributed by atoms with Crippen LogP contribution in [0.2, 0.25) is 0 Å². The van der Waals surface area contributed by atoms with Gasteiger partial charge in [-0.25, -0.2) is 0 Å². The Hall–Kier alpha value is -1.68. The minimum atomic E-state index is -2.66. The van der Waals surface area contributed by atoms with Gasteiger partial charge in [0.2, 0.25) is 0 Å². The molecule has 0 spiro atoms. The number of hydrogen-bond acceptors (Lipinski definition) is 2. The van der Waals surface area contributed by atoms with Crippen LogP contribution in [0.15, 0.2) is 73.3 Å². The highest BCUT2D eigenvalue weighted by Crippen LogP contribution is 2.31. The van der Waals surface area contributed by atoms with Crippen molar-refractivity contribution in [1.82, 2.24) is 0 Å². The second kappa shape index (κ2) is 6.83. The fraction of sp³-hybridized carbons (Fsp3) is 0.300. The van der Waals surface area contributed by atoms with Gasteiger partial charge in [-0.05, 0) is 22.7 Å². The second-order valence-corrected chi connectivity index (χ2v) is 9.22. The first-order valence-electron chi connectivity index (χ1n) is 8.25. The minimum Gasteiger partial charge on any atom is -0.382 e. The number of rotatable bonds is 5. The molecule has 23 heavy (non-hydrogen) atoms. The summed E-state index contributed by atoms with van der Waals surface area (Å²) in [6.07, 6.45) is 2.92. The molecular weight excluding hydrogens is 300 g/mol.